The molecule has 0 aromatic heterocycles. The number of nitrogens with zero attached hydrogens (tertiary/aromatic N) is 2. The van der Waals surface area contributed by atoms with Crippen LogP contribution >= 0.6 is 8.53 Å². The number of hydrogen-bond acceptors (Lipinski definition) is 10. The Morgan fingerprint density at radius 2 is 1.25 bits per heavy atom. The molecule has 0 radical (unpaired) electrons. The molecule has 11 nitrogen and oxygen atoms in total. The molecule has 0 heterocycles. The first-order chi connectivity index (χ1) is 30.7. The number of carbonyl (C=O) groups is 1. The number of ether oxygens (including phenoxy) is 5. The molecule has 5 aromatic carbocycles. The van der Waals surface area contributed by atoms with Gasteiger partial charge >= 0.3 is 6.09 Å². The van der Waals surface area contributed by atoms with E-state index in [0.29, 0.717) is 19.6 Å². The first-order valence-electron chi connectivity index (χ1n) is 21.6. The van der Waals surface area contributed by atoms with Crippen LogP contribution in [0.4, 0.5) is 4.79 Å². The number of benzene rings is 5. The minimum absolute atomic E-state index is 0.0252. The SMILES string of the molecule is COc1ccc(C(OCC(COP(OCCC#N)N(C(C)C)C(C)C)OCCCNC(=O)OCC2c3ccccc3-c3ccccc32)(c2ccccc2)c2ccc(OC)cc2)cc1. The molecule has 12 heteroatoms. The zero-order chi connectivity index (χ0) is 44.6. The van der Waals surface area contributed by atoms with E-state index in [9.17, 15) is 10.1 Å². The second kappa shape index (κ2) is 23.4. The summed E-state index contributed by atoms with van der Waals surface area (Å²) in [6.45, 7) is 9.80. The third kappa shape index (κ3) is 11.8. The second-order valence-corrected chi connectivity index (χ2v) is 17.2. The first kappa shape index (κ1) is 47.2. The molecule has 0 fully saturated rings. The fraction of sp³-hybridized carbons (Fsp3) is 0.373. The predicted molar refractivity (Wildman–Crippen MR) is 247 cm³/mol. The number of hydrogen-bond donors (Lipinski definition) is 1. The number of methoxy groups -OCH3 is 2. The molecule has 2 atom stereocenters. The molecule has 5 aromatic rings. The highest BCUT2D eigenvalue weighted by molar-refractivity contribution is 7.44. The summed E-state index contributed by atoms with van der Waals surface area (Å²) >= 11 is 0. The van der Waals surface area contributed by atoms with Crippen molar-refractivity contribution in [2.45, 2.75) is 70.2 Å². The lowest BCUT2D eigenvalue weighted by Gasteiger charge is -2.38. The van der Waals surface area contributed by atoms with Crippen LogP contribution < -0.4 is 14.8 Å². The van der Waals surface area contributed by atoms with E-state index < -0.39 is 26.3 Å². The maximum absolute atomic E-state index is 13.0. The van der Waals surface area contributed by atoms with Gasteiger partial charge in [0, 0.05) is 31.2 Å². The summed E-state index contributed by atoms with van der Waals surface area (Å²) in [5, 5.41) is 12.2. The fourth-order valence-corrected chi connectivity index (χ4v) is 9.70. The van der Waals surface area contributed by atoms with Gasteiger partial charge in [-0.15, -0.1) is 0 Å². The van der Waals surface area contributed by atoms with Crippen LogP contribution in [0, 0.1) is 11.3 Å². The highest BCUT2D eigenvalue weighted by Crippen LogP contribution is 2.47. The third-order valence-corrected chi connectivity index (χ3v) is 13.1. The van der Waals surface area contributed by atoms with Crippen molar-refractivity contribution in [3.8, 4) is 28.7 Å². The quantitative estimate of drug-likeness (QED) is 0.0364. The van der Waals surface area contributed by atoms with Gasteiger partial charge in [-0.1, -0.05) is 103 Å². The molecule has 1 N–H and O–H groups in total. The van der Waals surface area contributed by atoms with Gasteiger partial charge < -0.3 is 38.0 Å². The molecule has 1 aliphatic rings. The topological polar surface area (TPSA) is 121 Å². The van der Waals surface area contributed by atoms with Crippen LogP contribution in [-0.4, -0.2) is 82.8 Å². The Balaban J connectivity index is 1.19. The van der Waals surface area contributed by atoms with Gasteiger partial charge in [-0.3, -0.25) is 0 Å². The van der Waals surface area contributed by atoms with Crippen LogP contribution in [0.15, 0.2) is 127 Å². The van der Waals surface area contributed by atoms with E-state index in [1.807, 2.05) is 91.0 Å². The normalized spacial score (nSPS) is 13.3. The smallest absolute Gasteiger partial charge is 0.407 e. The van der Waals surface area contributed by atoms with Crippen molar-refractivity contribution in [2.24, 2.45) is 0 Å². The molecule has 0 bridgehead atoms. The molecule has 0 aliphatic heterocycles. The van der Waals surface area contributed by atoms with Crippen molar-refractivity contribution in [3.05, 3.63) is 155 Å². The first-order valence-corrected chi connectivity index (χ1v) is 22.7. The molecule has 332 valence electrons. The Labute approximate surface area is 374 Å². The van der Waals surface area contributed by atoms with Crippen LogP contribution in [0.2, 0.25) is 0 Å². The van der Waals surface area contributed by atoms with Gasteiger partial charge in [0.15, 0.2) is 0 Å². The molecule has 1 amide bonds. The lowest BCUT2D eigenvalue weighted by molar-refractivity contribution is -0.0789. The molecule has 0 saturated heterocycles. The second-order valence-electron chi connectivity index (χ2n) is 15.8. The summed E-state index contributed by atoms with van der Waals surface area (Å²) < 4.78 is 45.8. The van der Waals surface area contributed by atoms with Crippen molar-refractivity contribution in [1.29, 1.82) is 5.26 Å². The maximum atomic E-state index is 13.0. The van der Waals surface area contributed by atoms with E-state index in [2.05, 4.69) is 80.1 Å². The standard InChI is InChI=1S/C51H60N3O8P/c1-37(2)54(38(3)4)63(61-33-14-30-52)62-35-44(58-32-15-31-53-50(55)59-36-49-47-20-12-10-18-45(47)46-19-11-13-21-48(46)49)34-60-51(39-16-8-7-9-17-39,40-22-26-42(56-5)27-23-40)41-24-28-43(57-6)29-25-41/h7-13,16-29,37-38,44,49H,14-15,31-36H2,1-6H3,(H,53,55). The number of alkyl carbamates (subject to hydrolysis) is 1. The van der Waals surface area contributed by atoms with Crippen LogP contribution in [0.3, 0.4) is 0 Å². The van der Waals surface area contributed by atoms with Gasteiger partial charge in [0.1, 0.15) is 29.8 Å². The van der Waals surface area contributed by atoms with Gasteiger partial charge in [-0.05, 0) is 97.3 Å². The number of nitrogens with one attached hydrogen (secondary N) is 1. The molecular formula is C51H60N3O8P. The number of amides is 1. The Morgan fingerprint density at radius 3 is 1.79 bits per heavy atom. The molecule has 6 rings (SSSR count). The third-order valence-electron chi connectivity index (χ3n) is 11.0. The molecule has 0 saturated carbocycles. The summed E-state index contributed by atoms with van der Waals surface area (Å²) in [6, 6.07) is 44.8. The number of nitriles is 1. The van der Waals surface area contributed by atoms with Gasteiger partial charge in [0.25, 0.3) is 8.53 Å². The van der Waals surface area contributed by atoms with Crippen molar-refractivity contribution in [2.75, 3.05) is 53.8 Å². The Morgan fingerprint density at radius 1 is 0.714 bits per heavy atom. The largest absolute Gasteiger partial charge is 0.497 e. The van der Waals surface area contributed by atoms with Crippen molar-refractivity contribution < 1.29 is 37.5 Å². The van der Waals surface area contributed by atoms with E-state index in [-0.39, 0.29) is 50.8 Å². The van der Waals surface area contributed by atoms with Crippen molar-refractivity contribution in [3.63, 3.8) is 0 Å². The van der Waals surface area contributed by atoms with E-state index in [1.165, 1.54) is 11.1 Å². The van der Waals surface area contributed by atoms with E-state index >= 15 is 0 Å². The maximum Gasteiger partial charge on any atom is 0.407 e. The minimum Gasteiger partial charge on any atom is -0.497 e. The Hall–Kier alpha value is -5.31. The van der Waals surface area contributed by atoms with E-state index in [1.54, 1.807) is 14.2 Å². The molecule has 1 aliphatic carbocycles. The lowest BCUT2D eigenvalue weighted by Crippen LogP contribution is -2.38. The summed E-state index contributed by atoms with van der Waals surface area (Å²) in [4.78, 5) is 13.0. The Bertz CT molecular complexity index is 2110. The van der Waals surface area contributed by atoms with Gasteiger partial charge in [-0.25, -0.2) is 9.46 Å². The van der Waals surface area contributed by atoms with Crippen LogP contribution in [-0.2, 0) is 28.9 Å². The van der Waals surface area contributed by atoms with Crippen LogP contribution in [0.1, 0.15) is 74.3 Å². The van der Waals surface area contributed by atoms with Gasteiger partial charge in [0.05, 0.1) is 46.5 Å². The molecule has 0 spiro atoms. The summed E-state index contributed by atoms with van der Waals surface area (Å²) in [6.07, 6.45) is -0.284. The fourth-order valence-electron chi connectivity index (χ4n) is 8.06. The average molecular weight is 874 g/mol. The average Bonchev–Trinajstić information content (AvgIpc) is 3.63. The van der Waals surface area contributed by atoms with Gasteiger partial charge in [-0.2, -0.15) is 5.26 Å². The summed E-state index contributed by atoms with van der Waals surface area (Å²) in [5.74, 6) is 1.42. The zero-order valence-corrected chi connectivity index (χ0v) is 38.1. The zero-order valence-electron chi connectivity index (χ0n) is 37.2. The highest BCUT2D eigenvalue weighted by atomic mass is 31.2. The van der Waals surface area contributed by atoms with Crippen LogP contribution in [0.5, 0.6) is 11.5 Å². The lowest BCUT2D eigenvalue weighted by atomic mass is 9.80. The number of carbonyl (C=O) groups excluding carboxylic acids is 1. The highest BCUT2D eigenvalue weighted by Gasteiger charge is 2.39. The predicted octanol–water partition coefficient (Wildman–Crippen LogP) is 10.6. The molecule has 2 unspecified atom stereocenters. The molecular weight excluding hydrogens is 814 g/mol. The van der Waals surface area contributed by atoms with Gasteiger partial charge in [0.2, 0.25) is 0 Å². The van der Waals surface area contributed by atoms with E-state index in [4.69, 9.17) is 32.7 Å². The number of fused-ring (bicyclic) bond motifs is 3. The van der Waals surface area contributed by atoms with Crippen LogP contribution in [0.25, 0.3) is 11.1 Å². The summed E-state index contributed by atoms with van der Waals surface area (Å²) in [5.41, 5.74) is 6.29. The Kier molecular flexibility index (Phi) is 17.5. The monoisotopic (exact) mass is 873 g/mol. The minimum atomic E-state index is -1.55. The number of rotatable bonds is 24. The van der Waals surface area contributed by atoms with Crippen molar-refractivity contribution in [1.82, 2.24) is 9.99 Å². The van der Waals surface area contributed by atoms with Crippen molar-refractivity contribution >= 4 is 14.6 Å². The molecule has 63 heavy (non-hydrogen) atoms. The summed E-state index contributed by atoms with van der Waals surface area (Å²) in [7, 11) is 1.74. The van der Waals surface area contributed by atoms with E-state index in [0.717, 1.165) is 39.3 Å².